The van der Waals surface area contributed by atoms with Crippen molar-refractivity contribution in [3.05, 3.63) is 89.1 Å². The molecule has 0 saturated carbocycles. The summed E-state index contributed by atoms with van der Waals surface area (Å²) < 4.78 is 19.9. The second-order valence-corrected chi connectivity index (χ2v) is 13.0. The number of imidazole rings is 1. The number of fused-ring (bicyclic) bond motifs is 2. The Morgan fingerprint density at radius 1 is 1.04 bits per heavy atom. The first-order valence-corrected chi connectivity index (χ1v) is 16.5. The van der Waals surface area contributed by atoms with E-state index in [0.29, 0.717) is 23.7 Å². The van der Waals surface area contributed by atoms with Gasteiger partial charge in [-0.2, -0.15) is 5.10 Å². The quantitative estimate of drug-likeness (QED) is 0.165. The normalized spacial score (nSPS) is 15.6. The van der Waals surface area contributed by atoms with Crippen LogP contribution < -0.4 is 9.47 Å². The summed E-state index contributed by atoms with van der Waals surface area (Å²) >= 11 is 1.54. The van der Waals surface area contributed by atoms with Crippen molar-refractivity contribution in [1.29, 1.82) is 0 Å². The molecule has 1 aliphatic rings. The summed E-state index contributed by atoms with van der Waals surface area (Å²) in [7, 11) is 1.64. The molecule has 1 fully saturated rings. The van der Waals surface area contributed by atoms with Gasteiger partial charge in [0.25, 0.3) is 5.91 Å². The zero-order valence-corrected chi connectivity index (χ0v) is 27.3. The number of rotatable bonds is 9. The van der Waals surface area contributed by atoms with Gasteiger partial charge in [0.1, 0.15) is 34.4 Å². The summed E-state index contributed by atoms with van der Waals surface area (Å²) in [6.45, 7) is 10.3. The Labute approximate surface area is 272 Å². The van der Waals surface area contributed by atoms with Crippen molar-refractivity contribution in [1.82, 2.24) is 24.4 Å². The lowest BCUT2D eigenvalue weighted by Gasteiger charge is -2.39. The lowest BCUT2D eigenvalue weighted by atomic mass is 10.0. The molecule has 236 valence electrons. The van der Waals surface area contributed by atoms with E-state index in [9.17, 15) is 4.79 Å². The molecule has 1 aliphatic heterocycles. The predicted molar refractivity (Wildman–Crippen MR) is 181 cm³/mol. The molecule has 0 N–H and O–H groups in total. The molecule has 6 aromatic rings. The number of hydrogen-bond donors (Lipinski definition) is 0. The molecule has 0 aliphatic carbocycles. The number of hydrogen-bond acceptors (Lipinski definition) is 8. The first-order chi connectivity index (χ1) is 22.4. The van der Waals surface area contributed by atoms with Crippen molar-refractivity contribution in [2.24, 2.45) is 0 Å². The molecule has 1 amide bonds. The molecule has 10 heteroatoms. The van der Waals surface area contributed by atoms with E-state index in [1.54, 1.807) is 11.6 Å². The van der Waals surface area contributed by atoms with Crippen LogP contribution in [0.25, 0.3) is 38.5 Å². The van der Waals surface area contributed by atoms with Crippen molar-refractivity contribution in [2.75, 3.05) is 33.3 Å². The maximum Gasteiger partial charge on any atom is 0.254 e. The van der Waals surface area contributed by atoms with Gasteiger partial charge < -0.3 is 18.8 Å². The minimum absolute atomic E-state index is 0.0961. The molecule has 3 aromatic heterocycles. The van der Waals surface area contributed by atoms with Crippen LogP contribution in [0, 0.1) is 6.92 Å². The molecule has 0 radical (unpaired) electrons. The highest BCUT2D eigenvalue weighted by molar-refractivity contribution is 7.16. The van der Waals surface area contributed by atoms with E-state index in [4.69, 9.17) is 18.9 Å². The van der Waals surface area contributed by atoms with Crippen molar-refractivity contribution in [3.63, 3.8) is 0 Å². The molecule has 7 rings (SSSR count). The van der Waals surface area contributed by atoms with Crippen LogP contribution in [-0.2, 0) is 6.61 Å². The average Bonchev–Trinajstić information content (AvgIpc) is 3.77. The Morgan fingerprint density at radius 3 is 2.65 bits per heavy atom. The fourth-order valence-corrected chi connectivity index (χ4v) is 6.94. The largest absolute Gasteiger partial charge is 0.497 e. The third kappa shape index (κ3) is 5.98. The number of amides is 1. The summed E-state index contributed by atoms with van der Waals surface area (Å²) in [6, 6.07) is 22.0. The van der Waals surface area contributed by atoms with Gasteiger partial charge in [0.15, 0.2) is 5.76 Å². The smallest absolute Gasteiger partial charge is 0.254 e. The molecule has 4 heterocycles. The average molecular weight is 636 g/mol. The first-order valence-electron chi connectivity index (χ1n) is 15.7. The highest BCUT2D eigenvalue weighted by Crippen LogP contribution is 2.34. The SMILES string of the molecule is CCCN1CCN(C(=O)c2ccc(-c3cccc(OCc4cc(OC)cc5oc(-c6cn7nc(C)sc7n6)cc45)c3)cc2)C(C)C1. The fourth-order valence-electron chi connectivity index (χ4n) is 6.22. The van der Waals surface area contributed by atoms with Gasteiger partial charge in [-0.1, -0.05) is 42.5 Å². The Morgan fingerprint density at radius 2 is 1.89 bits per heavy atom. The number of carbonyl (C=O) groups excluding carboxylic acids is 1. The standard InChI is InChI=1S/C36H37N5O4S/c1-5-13-39-14-15-40(23(2)20-39)35(42)26-11-9-25(10-12-26)27-7-6-8-29(16-27)44-22-28-17-30(43-4)18-33-31(28)19-34(45-33)32-21-41-36(37-32)46-24(3)38-41/h6-12,16-19,21,23H,5,13-15,20,22H2,1-4H3. The van der Waals surface area contributed by atoms with Gasteiger partial charge in [0.2, 0.25) is 4.96 Å². The number of furan rings is 1. The number of piperazine rings is 1. The topological polar surface area (TPSA) is 85.3 Å². The summed E-state index contributed by atoms with van der Waals surface area (Å²) in [4.78, 5) is 23.3. The van der Waals surface area contributed by atoms with Crippen LogP contribution in [0.1, 0.15) is 41.2 Å². The number of aryl methyl sites for hydroxylation is 1. The minimum Gasteiger partial charge on any atom is -0.497 e. The molecule has 1 atom stereocenters. The third-order valence-electron chi connectivity index (χ3n) is 8.53. The van der Waals surface area contributed by atoms with Crippen molar-refractivity contribution >= 4 is 33.2 Å². The van der Waals surface area contributed by atoms with E-state index in [1.165, 1.54) is 11.3 Å². The Bertz CT molecular complexity index is 1980. The second kappa shape index (κ2) is 12.6. The number of benzene rings is 3. The summed E-state index contributed by atoms with van der Waals surface area (Å²) in [6.07, 6.45) is 3.02. The van der Waals surface area contributed by atoms with Gasteiger partial charge in [-0.25, -0.2) is 9.50 Å². The number of aromatic nitrogens is 3. The molecule has 1 saturated heterocycles. The van der Waals surface area contributed by atoms with Crippen molar-refractivity contribution in [2.45, 2.75) is 39.8 Å². The van der Waals surface area contributed by atoms with Crippen LogP contribution in [0.15, 0.2) is 77.3 Å². The van der Waals surface area contributed by atoms with Gasteiger partial charge in [0, 0.05) is 48.3 Å². The third-order valence-corrected chi connectivity index (χ3v) is 9.37. The number of ether oxygens (including phenoxy) is 2. The summed E-state index contributed by atoms with van der Waals surface area (Å²) in [5.74, 6) is 2.19. The molecular weight excluding hydrogens is 598 g/mol. The van der Waals surface area contributed by atoms with E-state index >= 15 is 0 Å². The zero-order valence-electron chi connectivity index (χ0n) is 26.5. The van der Waals surface area contributed by atoms with E-state index in [2.05, 4.69) is 29.9 Å². The van der Waals surface area contributed by atoms with Gasteiger partial charge >= 0.3 is 0 Å². The maximum absolute atomic E-state index is 13.3. The molecular formula is C36H37N5O4S. The van der Waals surface area contributed by atoms with E-state index in [1.807, 2.05) is 78.7 Å². The van der Waals surface area contributed by atoms with Crippen LogP contribution in [0.4, 0.5) is 0 Å². The monoisotopic (exact) mass is 635 g/mol. The lowest BCUT2D eigenvalue weighted by molar-refractivity contribution is 0.0490. The van der Waals surface area contributed by atoms with E-state index < -0.39 is 0 Å². The van der Waals surface area contributed by atoms with Gasteiger partial charge in [-0.15, -0.1) is 0 Å². The van der Waals surface area contributed by atoms with Gasteiger partial charge in [-0.3, -0.25) is 9.69 Å². The summed E-state index contributed by atoms with van der Waals surface area (Å²) in [5.41, 5.74) is 5.13. The number of methoxy groups -OCH3 is 1. The van der Waals surface area contributed by atoms with Crippen LogP contribution in [0.3, 0.4) is 0 Å². The fraction of sp³-hybridized carbons (Fsp3) is 0.306. The molecule has 0 bridgehead atoms. The predicted octanol–water partition coefficient (Wildman–Crippen LogP) is 7.32. The molecule has 46 heavy (non-hydrogen) atoms. The van der Waals surface area contributed by atoms with Gasteiger partial charge in [-0.05, 0) is 74.3 Å². The molecule has 9 nitrogen and oxygen atoms in total. The molecule has 1 unspecified atom stereocenters. The van der Waals surface area contributed by atoms with Crippen LogP contribution in [0.5, 0.6) is 11.5 Å². The zero-order chi connectivity index (χ0) is 31.8. The minimum atomic E-state index is 0.0961. The highest BCUT2D eigenvalue weighted by Gasteiger charge is 2.27. The van der Waals surface area contributed by atoms with E-state index in [0.717, 1.165) is 81.7 Å². The number of carbonyl (C=O) groups is 1. The van der Waals surface area contributed by atoms with Crippen LogP contribution >= 0.6 is 11.3 Å². The lowest BCUT2D eigenvalue weighted by Crippen LogP contribution is -2.54. The highest BCUT2D eigenvalue weighted by atomic mass is 32.1. The second-order valence-electron chi connectivity index (χ2n) is 11.8. The summed E-state index contributed by atoms with van der Waals surface area (Å²) in [5, 5.41) is 6.36. The van der Waals surface area contributed by atoms with E-state index in [-0.39, 0.29) is 11.9 Å². The first kappa shape index (κ1) is 30.0. The molecule has 0 spiro atoms. The van der Waals surface area contributed by atoms with Gasteiger partial charge in [0.05, 0.1) is 13.3 Å². The van der Waals surface area contributed by atoms with Crippen LogP contribution in [0.2, 0.25) is 0 Å². The Hall–Kier alpha value is -4.67. The van der Waals surface area contributed by atoms with Crippen molar-refractivity contribution in [3.8, 4) is 34.1 Å². The molecule has 3 aromatic carbocycles. The maximum atomic E-state index is 13.3. The van der Waals surface area contributed by atoms with Crippen LogP contribution in [-0.4, -0.2) is 69.6 Å². The van der Waals surface area contributed by atoms with Crippen molar-refractivity contribution < 1.29 is 18.7 Å². The Balaban J connectivity index is 1.06. The number of nitrogens with zero attached hydrogens (tertiary/aromatic N) is 5. The Kier molecular flexibility index (Phi) is 8.23.